The van der Waals surface area contributed by atoms with Crippen LogP contribution in [0.5, 0.6) is 0 Å². The number of rotatable bonds is 4. The summed E-state index contributed by atoms with van der Waals surface area (Å²) < 4.78 is 0. The van der Waals surface area contributed by atoms with Crippen LogP contribution in [0, 0.1) is 11.8 Å². The first kappa shape index (κ1) is 16.8. The van der Waals surface area contributed by atoms with Crippen molar-refractivity contribution in [2.24, 2.45) is 11.8 Å². The number of hydrogen-bond acceptors (Lipinski definition) is 3. The lowest BCUT2D eigenvalue weighted by atomic mass is 10.0. The van der Waals surface area contributed by atoms with Crippen molar-refractivity contribution in [3.63, 3.8) is 0 Å². The molecule has 0 N–H and O–H groups in total. The highest BCUT2D eigenvalue weighted by Gasteiger charge is 2.35. The van der Waals surface area contributed by atoms with E-state index in [-0.39, 0.29) is 5.92 Å². The molecular weight excluding hydrogens is 262 g/mol. The van der Waals surface area contributed by atoms with Crippen molar-refractivity contribution in [1.82, 2.24) is 14.7 Å². The zero-order valence-corrected chi connectivity index (χ0v) is 14.5. The molecular formula is C17H33N3O. The van der Waals surface area contributed by atoms with Gasteiger partial charge in [-0.25, -0.2) is 0 Å². The van der Waals surface area contributed by atoms with E-state index in [9.17, 15) is 4.79 Å². The summed E-state index contributed by atoms with van der Waals surface area (Å²) in [5, 5.41) is 0. The summed E-state index contributed by atoms with van der Waals surface area (Å²) in [6.45, 7) is 17.3. The lowest BCUT2D eigenvalue weighted by Gasteiger charge is -2.41. The summed E-state index contributed by atoms with van der Waals surface area (Å²) in [4.78, 5) is 19.9. The maximum absolute atomic E-state index is 12.8. The lowest BCUT2D eigenvalue weighted by Crippen LogP contribution is -2.56. The van der Waals surface area contributed by atoms with Gasteiger partial charge in [0.1, 0.15) is 0 Å². The zero-order chi connectivity index (χ0) is 15.6. The second kappa shape index (κ2) is 7.10. The van der Waals surface area contributed by atoms with Gasteiger partial charge in [0.2, 0.25) is 5.91 Å². The van der Waals surface area contributed by atoms with Gasteiger partial charge in [-0.2, -0.15) is 0 Å². The molecule has 2 heterocycles. The Bertz CT molecular complexity index is 356. The predicted octanol–water partition coefficient (Wildman–Crippen LogP) is 1.91. The van der Waals surface area contributed by atoms with Crippen molar-refractivity contribution in [3.8, 4) is 0 Å². The normalized spacial score (nSPS) is 28.8. The summed E-state index contributed by atoms with van der Waals surface area (Å²) in [7, 11) is 0. The van der Waals surface area contributed by atoms with Crippen LogP contribution in [0.4, 0.5) is 0 Å². The van der Waals surface area contributed by atoms with E-state index in [1.165, 1.54) is 0 Å². The van der Waals surface area contributed by atoms with Crippen LogP contribution in [0.25, 0.3) is 0 Å². The smallest absolute Gasteiger partial charge is 0.227 e. The van der Waals surface area contributed by atoms with E-state index >= 15 is 0 Å². The third-order valence-electron chi connectivity index (χ3n) is 4.92. The van der Waals surface area contributed by atoms with Crippen LogP contribution in [0.15, 0.2) is 0 Å². The van der Waals surface area contributed by atoms with Crippen molar-refractivity contribution in [3.05, 3.63) is 0 Å². The van der Waals surface area contributed by atoms with Crippen LogP contribution in [-0.4, -0.2) is 72.0 Å². The Morgan fingerprint density at radius 2 is 1.81 bits per heavy atom. The molecule has 4 nitrogen and oxygen atoms in total. The summed E-state index contributed by atoms with van der Waals surface area (Å²) in [6, 6.07) is 0.918. The first-order valence-corrected chi connectivity index (χ1v) is 8.65. The van der Waals surface area contributed by atoms with Crippen LogP contribution in [0.1, 0.15) is 41.0 Å². The third kappa shape index (κ3) is 4.19. The maximum Gasteiger partial charge on any atom is 0.227 e. The number of hydrogen-bond donors (Lipinski definition) is 0. The van der Waals surface area contributed by atoms with Crippen LogP contribution in [0.3, 0.4) is 0 Å². The Hall–Kier alpha value is -0.610. The van der Waals surface area contributed by atoms with Crippen molar-refractivity contribution in [1.29, 1.82) is 0 Å². The molecule has 1 amide bonds. The summed E-state index contributed by atoms with van der Waals surface area (Å²) in [6.07, 6.45) is 1.04. The molecule has 1 unspecified atom stereocenters. The lowest BCUT2D eigenvalue weighted by molar-refractivity contribution is -0.139. The van der Waals surface area contributed by atoms with E-state index in [1.807, 2.05) is 0 Å². The van der Waals surface area contributed by atoms with Gasteiger partial charge < -0.3 is 9.80 Å². The van der Waals surface area contributed by atoms with Crippen molar-refractivity contribution in [2.75, 3.05) is 39.3 Å². The van der Waals surface area contributed by atoms with Gasteiger partial charge in [0.25, 0.3) is 0 Å². The van der Waals surface area contributed by atoms with Crippen LogP contribution in [-0.2, 0) is 4.79 Å². The Kier molecular flexibility index (Phi) is 5.67. The van der Waals surface area contributed by atoms with Crippen LogP contribution >= 0.6 is 0 Å². The van der Waals surface area contributed by atoms with E-state index in [1.54, 1.807) is 0 Å². The van der Waals surface area contributed by atoms with Gasteiger partial charge in [-0.1, -0.05) is 13.8 Å². The van der Waals surface area contributed by atoms with Crippen molar-refractivity contribution >= 4 is 5.91 Å². The standard InChI is InChI=1S/C17H33N3O/c1-13(2)10-18-8-9-20(15(5)11-18)17(21)16-6-7-19(12-16)14(3)4/h13-16H,6-12H2,1-5H3/t15-,16?/m1/s1. The molecule has 2 atom stereocenters. The molecule has 2 aliphatic heterocycles. The minimum absolute atomic E-state index is 0.228. The number of carbonyl (C=O) groups is 1. The number of carbonyl (C=O) groups excluding carboxylic acids is 1. The average molecular weight is 295 g/mol. The van der Waals surface area contributed by atoms with Gasteiger partial charge in [-0.15, -0.1) is 0 Å². The molecule has 2 rings (SSSR count). The molecule has 2 aliphatic rings. The highest BCUT2D eigenvalue weighted by atomic mass is 16.2. The molecule has 0 aromatic heterocycles. The van der Waals surface area contributed by atoms with E-state index < -0.39 is 0 Å². The minimum Gasteiger partial charge on any atom is -0.337 e. The molecule has 0 radical (unpaired) electrons. The topological polar surface area (TPSA) is 26.8 Å². The number of likely N-dealkylation sites (tertiary alicyclic amines) is 1. The van der Waals surface area contributed by atoms with E-state index in [0.29, 0.717) is 23.9 Å². The van der Waals surface area contributed by atoms with Gasteiger partial charge in [-0.05, 0) is 39.7 Å². The molecule has 0 aromatic carbocycles. The highest BCUT2D eigenvalue weighted by Crippen LogP contribution is 2.23. The first-order chi connectivity index (χ1) is 9.88. The second-order valence-corrected chi connectivity index (χ2v) is 7.61. The molecule has 0 aromatic rings. The van der Waals surface area contributed by atoms with Crippen LogP contribution < -0.4 is 0 Å². The zero-order valence-electron chi connectivity index (χ0n) is 14.5. The van der Waals surface area contributed by atoms with Gasteiger partial charge in [0.15, 0.2) is 0 Å². The summed E-state index contributed by atoms with van der Waals surface area (Å²) >= 11 is 0. The quantitative estimate of drug-likeness (QED) is 0.792. The number of nitrogens with zero attached hydrogens (tertiary/aromatic N) is 3. The second-order valence-electron chi connectivity index (χ2n) is 7.61. The fourth-order valence-corrected chi connectivity index (χ4v) is 3.74. The number of amides is 1. The van der Waals surface area contributed by atoms with Gasteiger partial charge in [0.05, 0.1) is 5.92 Å². The fraction of sp³-hybridized carbons (Fsp3) is 0.941. The minimum atomic E-state index is 0.228. The molecule has 0 spiro atoms. The summed E-state index contributed by atoms with van der Waals surface area (Å²) in [5.74, 6) is 1.33. The molecule has 0 aliphatic carbocycles. The van der Waals surface area contributed by atoms with Gasteiger partial charge in [-0.3, -0.25) is 9.69 Å². The van der Waals surface area contributed by atoms with E-state index in [4.69, 9.17) is 0 Å². The molecule has 21 heavy (non-hydrogen) atoms. The van der Waals surface area contributed by atoms with Gasteiger partial charge >= 0.3 is 0 Å². The molecule has 2 fully saturated rings. The third-order valence-corrected chi connectivity index (χ3v) is 4.92. The molecule has 4 heteroatoms. The SMILES string of the molecule is CC(C)CN1CCN(C(=O)C2CCN(C(C)C)C2)[C@H](C)C1. The van der Waals surface area contributed by atoms with E-state index in [2.05, 4.69) is 49.3 Å². The average Bonchev–Trinajstić information content (AvgIpc) is 2.87. The molecule has 0 bridgehead atoms. The maximum atomic E-state index is 12.8. The fourth-order valence-electron chi connectivity index (χ4n) is 3.74. The molecule has 0 saturated carbocycles. The molecule has 2 saturated heterocycles. The van der Waals surface area contributed by atoms with E-state index in [0.717, 1.165) is 45.7 Å². The predicted molar refractivity (Wildman–Crippen MR) is 87.3 cm³/mol. The summed E-state index contributed by atoms with van der Waals surface area (Å²) in [5.41, 5.74) is 0. The molecule has 122 valence electrons. The Labute approximate surface area is 130 Å². The van der Waals surface area contributed by atoms with Crippen molar-refractivity contribution in [2.45, 2.75) is 53.1 Å². The van der Waals surface area contributed by atoms with Crippen molar-refractivity contribution < 1.29 is 4.79 Å². The monoisotopic (exact) mass is 295 g/mol. The largest absolute Gasteiger partial charge is 0.337 e. The van der Waals surface area contributed by atoms with Gasteiger partial charge in [0, 0.05) is 44.8 Å². The van der Waals surface area contributed by atoms with Crippen LogP contribution in [0.2, 0.25) is 0 Å². The Balaban J connectivity index is 1.87. The Morgan fingerprint density at radius 1 is 1.10 bits per heavy atom. The highest BCUT2D eigenvalue weighted by molar-refractivity contribution is 5.79. The number of piperazine rings is 1. The first-order valence-electron chi connectivity index (χ1n) is 8.65. The Morgan fingerprint density at radius 3 is 2.33 bits per heavy atom.